The molecule has 0 aliphatic carbocycles. The summed E-state index contributed by atoms with van der Waals surface area (Å²) in [6, 6.07) is 20.2. The fourth-order valence-electron chi connectivity index (χ4n) is 3.27. The molecular formula is C25H28N2O5S. The van der Waals surface area contributed by atoms with Gasteiger partial charge in [-0.3, -0.25) is 9.52 Å². The molecule has 2 N–H and O–H groups in total. The average molecular weight is 469 g/mol. The normalized spacial score (nSPS) is 12.0. The third-order valence-corrected chi connectivity index (χ3v) is 6.25. The zero-order valence-electron chi connectivity index (χ0n) is 18.9. The van der Waals surface area contributed by atoms with E-state index in [1.54, 1.807) is 37.3 Å². The molecule has 0 aliphatic rings. The minimum Gasteiger partial charge on any atom is -0.490 e. The van der Waals surface area contributed by atoms with Crippen LogP contribution in [0.1, 0.15) is 42.7 Å². The zero-order chi connectivity index (χ0) is 23.8. The molecule has 7 nitrogen and oxygen atoms in total. The van der Waals surface area contributed by atoms with Crippen molar-refractivity contribution in [3.8, 4) is 11.5 Å². The van der Waals surface area contributed by atoms with Gasteiger partial charge in [0.2, 0.25) is 0 Å². The Bertz CT molecular complexity index is 1200. The highest BCUT2D eigenvalue weighted by Crippen LogP contribution is 2.31. The highest BCUT2D eigenvalue weighted by molar-refractivity contribution is 7.92. The number of carbonyl (C=O) groups excluding carboxylic acids is 1. The molecule has 0 saturated heterocycles. The van der Waals surface area contributed by atoms with Crippen molar-refractivity contribution >= 4 is 21.6 Å². The van der Waals surface area contributed by atoms with Gasteiger partial charge < -0.3 is 14.8 Å². The summed E-state index contributed by atoms with van der Waals surface area (Å²) in [6.45, 7) is 6.30. The molecule has 0 aliphatic heterocycles. The Morgan fingerprint density at radius 2 is 1.52 bits per heavy atom. The second-order valence-electron chi connectivity index (χ2n) is 7.23. The first kappa shape index (κ1) is 24.1. The molecule has 33 heavy (non-hydrogen) atoms. The highest BCUT2D eigenvalue weighted by Gasteiger charge is 2.21. The second kappa shape index (κ2) is 10.9. The second-order valence-corrected chi connectivity index (χ2v) is 8.91. The van der Waals surface area contributed by atoms with Gasteiger partial charge in [-0.25, -0.2) is 8.42 Å². The van der Waals surface area contributed by atoms with Gasteiger partial charge in [0.15, 0.2) is 11.5 Å². The van der Waals surface area contributed by atoms with Crippen molar-refractivity contribution in [1.82, 2.24) is 5.32 Å². The zero-order valence-corrected chi connectivity index (χ0v) is 19.7. The number of carbonyl (C=O) groups is 1. The van der Waals surface area contributed by atoms with E-state index in [0.29, 0.717) is 24.7 Å². The first-order valence-electron chi connectivity index (χ1n) is 10.7. The van der Waals surface area contributed by atoms with Crippen molar-refractivity contribution in [2.45, 2.75) is 31.7 Å². The van der Waals surface area contributed by atoms with Crippen LogP contribution in [0.3, 0.4) is 0 Å². The third-order valence-electron chi connectivity index (χ3n) is 4.89. The van der Waals surface area contributed by atoms with Gasteiger partial charge >= 0.3 is 0 Å². The topological polar surface area (TPSA) is 93.7 Å². The summed E-state index contributed by atoms with van der Waals surface area (Å²) in [7, 11) is -3.99. The molecule has 1 atom stereocenters. The number of benzene rings is 3. The fraction of sp³-hybridized carbons (Fsp3) is 0.240. The van der Waals surface area contributed by atoms with E-state index in [9.17, 15) is 13.2 Å². The van der Waals surface area contributed by atoms with Gasteiger partial charge in [0.25, 0.3) is 15.9 Å². The number of ether oxygens (including phenoxy) is 2. The van der Waals surface area contributed by atoms with Gasteiger partial charge in [0, 0.05) is 6.07 Å². The van der Waals surface area contributed by atoms with E-state index in [1.165, 1.54) is 12.1 Å². The summed E-state index contributed by atoms with van der Waals surface area (Å²) in [6.07, 6.45) is 0. The van der Waals surface area contributed by atoms with Crippen LogP contribution in [-0.4, -0.2) is 27.5 Å². The number of hydrogen-bond donors (Lipinski definition) is 2. The Morgan fingerprint density at radius 3 is 2.21 bits per heavy atom. The van der Waals surface area contributed by atoms with E-state index in [-0.39, 0.29) is 28.1 Å². The lowest BCUT2D eigenvalue weighted by Gasteiger charge is -2.17. The molecule has 0 saturated carbocycles. The Morgan fingerprint density at radius 1 is 0.879 bits per heavy atom. The van der Waals surface area contributed by atoms with Crippen LogP contribution in [0.15, 0.2) is 77.7 Å². The van der Waals surface area contributed by atoms with Crippen LogP contribution in [0.4, 0.5) is 5.69 Å². The minimum atomic E-state index is -3.99. The van der Waals surface area contributed by atoms with Gasteiger partial charge in [0.1, 0.15) is 0 Å². The van der Waals surface area contributed by atoms with E-state index in [2.05, 4.69) is 10.0 Å². The smallest absolute Gasteiger partial charge is 0.262 e. The maximum Gasteiger partial charge on any atom is 0.262 e. The molecule has 0 radical (unpaired) electrons. The molecule has 1 amide bonds. The number of amides is 1. The van der Waals surface area contributed by atoms with Crippen molar-refractivity contribution < 1.29 is 22.7 Å². The van der Waals surface area contributed by atoms with Gasteiger partial charge in [-0.2, -0.15) is 0 Å². The maximum absolute atomic E-state index is 13.1. The number of para-hydroxylation sites is 1. The van der Waals surface area contributed by atoms with Crippen molar-refractivity contribution in [1.29, 1.82) is 0 Å². The van der Waals surface area contributed by atoms with Crippen LogP contribution in [0, 0.1) is 0 Å². The molecule has 0 fully saturated rings. The monoisotopic (exact) mass is 468 g/mol. The van der Waals surface area contributed by atoms with Crippen LogP contribution in [0.2, 0.25) is 0 Å². The predicted molar refractivity (Wildman–Crippen MR) is 128 cm³/mol. The largest absolute Gasteiger partial charge is 0.490 e. The van der Waals surface area contributed by atoms with Gasteiger partial charge in [0.05, 0.1) is 35.4 Å². The maximum atomic E-state index is 13.1. The van der Waals surface area contributed by atoms with Gasteiger partial charge in [-0.1, -0.05) is 42.5 Å². The lowest BCUT2D eigenvalue weighted by molar-refractivity contribution is 0.0941. The lowest BCUT2D eigenvalue weighted by Crippen LogP contribution is -2.28. The molecule has 0 unspecified atom stereocenters. The van der Waals surface area contributed by atoms with Crippen LogP contribution in [0.25, 0.3) is 0 Å². The molecule has 0 aromatic heterocycles. The van der Waals surface area contributed by atoms with Crippen molar-refractivity contribution in [2.75, 3.05) is 17.9 Å². The van der Waals surface area contributed by atoms with Crippen LogP contribution >= 0.6 is 0 Å². The Labute approximate surface area is 194 Å². The quantitative estimate of drug-likeness (QED) is 0.447. The Balaban J connectivity index is 1.85. The molecule has 3 aromatic rings. The molecule has 0 bridgehead atoms. The first-order valence-corrected chi connectivity index (χ1v) is 12.2. The number of anilines is 1. The Kier molecular flexibility index (Phi) is 7.95. The lowest BCUT2D eigenvalue weighted by atomic mass is 10.1. The molecule has 8 heteroatoms. The van der Waals surface area contributed by atoms with E-state index >= 15 is 0 Å². The van der Waals surface area contributed by atoms with E-state index in [0.717, 1.165) is 5.56 Å². The molecule has 3 rings (SSSR count). The van der Waals surface area contributed by atoms with Crippen LogP contribution < -0.4 is 19.5 Å². The fourth-order valence-corrected chi connectivity index (χ4v) is 4.37. The summed E-state index contributed by atoms with van der Waals surface area (Å²) in [5.74, 6) is 0.421. The van der Waals surface area contributed by atoms with Gasteiger partial charge in [-0.05, 0) is 50.6 Å². The summed E-state index contributed by atoms with van der Waals surface area (Å²) in [4.78, 5) is 12.9. The summed E-state index contributed by atoms with van der Waals surface area (Å²) in [5, 5.41) is 2.92. The number of hydrogen-bond acceptors (Lipinski definition) is 5. The van der Waals surface area contributed by atoms with E-state index < -0.39 is 10.0 Å². The average Bonchev–Trinajstić information content (AvgIpc) is 2.81. The summed E-state index contributed by atoms with van der Waals surface area (Å²) in [5.41, 5.74) is 1.35. The van der Waals surface area contributed by atoms with Crippen molar-refractivity contribution in [3.63, 3.8) is 0 Å². The number of nitrogens with one attached hydrogen (secondary N) is 2. The minimum absolute atomic E-state index is 0.00210. The highest BCUT2D eigenvalue weighted by atomic mass is 32.2. The molecular weight excluding hydrogens is 440 g/mol. The van der Waals surface area contributed by atoms with Crippen molar-refractivity contribution in [3.05, 3.63) is 83.9 Å². The standard InChI is InChI=1S/C25H28N2O5S/c1-4-31-23-16-15-20(17-24(23)32-5-2)33(29,30)27-22-14-10-9-13-21(22)25(28)26-18(3)19-11-7-6-8-12-19/h6-18,27H,4-5H2,1-3H3,(H,26,28)/t18-/m0/s1. The number of rotatable bonds is 10. The van der Waals surface area contributed by atoms with E-state index in [4.69, 9.17) is 9.47 Å². The summed E-state index contributed by atoms with van der Waals surface area (Å²) >= 11 is 0. The summed E-state index contributed by atoms with van der Waals surface area (Å²) < 4.78 is 39.8. The Hall–Kier alpha value is -3.52. The first-order chi connectivity index (χ1) is 15.9. The van der Waals surface area contributed by atoms with Crippen LogP contribution in [-0.2, 0) is 10.0 Å². The third kappa shape index (κ3) is 6.04. The molecule has 0 spiro atoms. The van der Waals surface area contributed by atoms with Crippen LogP contribution in [0.5, 0.6) is 11.5 Å². The molecule has 174 valence electrons. The molecule has 0 heterocycles. The van der Waals surface area contributed by atoms with Crippen molar-refractivity contribution in [2.24, 2.45) is 0 Å². The molecule has 3 aromatic carbocycles. The van der Waals surface area contributed by atoms with Gasteiger partial charge in [-0.15, -0.1) is 0 Å². The number of sulfonamides is 1. The SMILES string of the molecule is CCOc1ccc(S(=O)(=O)Nc2ccccc2C(=O)N[C@@H](C)c2ccccc2)cc1OCC. The predicted octanol–water partition coefficient (Wildman–Crippen LogP) is 4.78. The van der Waals surface area contributed by atoms with E-state index in [1.807, 2.05) is 44.2 Å².